The minimum Gasteiger partial charge on any atom is -0.463 e. The van der Waals surface area contributed by atoms with Crippen molar-refractivity contribution in [3.8, 4) is 0 Å². The van der Waals surface area contributed by atoms with E-state index in [1.54, 1.807) is 0 Å². The van der Waals surface area contributed by atoms with Crippen LogP contribution in [0, 0.1) is 0 Å². The summed E-state index contributed by atoms with van der Waals surface area (Å²) in [4.78, 5) is 10.3. The molecule has 0 radical (unpaired) electrons. The van der Waals surface area contributed by atoms with Crippen LogP contribution in [0.2, 0.25) is 0 Å². The van der Waals surface area contributed by atoms with Gasteiger partial charge in [0.25, 0.3) is 0 Å². The van der Waals surface area contributed by atoms with Gasteiger partial charge in [-0.2, -0.15) is 0 Å². The maximum Gasteiger partial charge on any atom is 0.302 e. The molecule has 0 unspecified atom stereocenters. The van der Waals surface area contributed by atoms with E-state index in [4.69, 9.17) is 9.84 Å². The first-order valence-corrected chi connectivity index (χ1v) is 3.07. The molecule has 0 bridgehead atoms. The van der Waals surface area contributed by atoms with E-state index < -0.39 is 5.60 Å². The second-order valence-electron chi connectivity index (χ2n) is 2.41. The number of rotatable bonds is 3. The molecular formula is C6H10O4. The molecule has 58 valence electrons. The van der Waals surface area contributed by atoms with E-state index in [2.05, 4.69) is 4.74 Å². The number of hydrogen-bond acceptors (Lipinski definition) is 4. The van der Waals surface area contributed by atoms with Gasteiger partial charge in [0.05, 0.1) is 13.2 Å². The molecule has 0 aromatic heterocycles. The maximum absolute atomic E-state index is 10.3. The number of aliphatic hydroxyl groups excluding tert-OH is 1. The predicted octanol–water partition coefficient (Wildman–Crippen LogP) is -0.689. The highest BCUT2D eigenvalue weighted by molar-refractivity contribution is 5.66. The summed E-state index contributed by atoms with van der Waals surface area (Å²) in [6.45, 7) is 1.89. The summed E-state index contributed by atoms with van der Waals surface area (Å²) >= 11 is 0. The lowest BCUT2D eigenvalue weighted by Gasteiger charge is -2.06. The lowest BCUT2D eigenvalue weighted by molar-refractivity contribution is -0.143. The maximum atomic E-state index is 10.3. The number of epoxide rings is 1. The van der Waals surface area contributed by atoms with Crippen LogP contribution in [-0.2, 0) is 14.3 Å². The summed E-state index contributed by atoms with van der Waals surface area (Å²) in [7, 11) is 0. The molecule has 4 nitrogen and oxygen atoms in total. The first-order valence-electron chi connectivity index (χ1n) is 3.07. The van der Waals surface area contributed by atoms with Gasteiger partial charge in [-0.3, -0.25) is 4.79 Å². The van der Waals surface area contributed by atoms with E-state index >= 15 is 0 Å². The van der Waals surface area contributed by atoms with E-state index in [-0.39, 0.29) is 19.2 Å². The molecule has 1 heterocycles. The predicted molar refractivity (Wildman–Crippen MR) is 32.4 cm³/mol. The van der Waals surface area contributed by atoms with Gasteiger partial charge in [-0.1, -0.05) is 0 Å². The second kappa shape index (κ2) is 2.56. The monoisotopic (exact) mass is 146 g/mol. The summed E-state index contributed by atoms with van der Waals surface area (Å²) in [5.74, 6) is -0.344. The first-order chi connectivity index (χ1) is 4.68. The number of carbonyl (C=O) groups excluding carboxylic acids is 1. The Morgan fingerprint density at radius 3 is 2.80 bits per heavy atom. The lowest BCUT2D eigenvalue weighted by Crippen LogP contribution is -2.25. The largest absolute Gasteiger partial charge is 0.463 e. The third kappa shape index (κ3) is 1.68. The van der Waals surface area contributed by atoms with Crippen LogP contribution in [0.1, 0.15) is 6.92 Å². The molecule has 1 fully saturated rings. The third-order valence-corrected chi connectivity index (χ3v) is 1.38. The Kier molecular flexibility index (Phi) is 1.92. The molecule has 1 N–H and O–H groups in total. The van der Waals surface area contributed by atoms with Gasteiger partial charge in [0.1, 0.15) is 12.2 Å². The fourth-order valence-electron chi connectivity index (χ4n) is 0.555. The van der Waals surface area contributed by atoms with Crippen molar-refractivity contribution >= 4 is 5.97 Å². The molecular weight excluding hydrogens is 136 g/mol. The Hall–Kier alpha value is -0.610. The van der Waals surface area contributed by atoms with Crippen LogP contribution in [0.3, 0.4) is 0 Å². The van der Waals surface area contributed by atoms with Crippen molar-refractivity contribution in [2.45, 2.75) is 12.5 Å². The van der Waals surface area contributed by atoms with Gasteiger partial charge in [-0.25, -0.2) is 0 Å². The zero-order chi connectivity index (χ0) is 7.61. The summed E-state index contributed by atoms with van der Waals surface area (Å²) in [6.07, 6.45) is 0. The Morgan fingerprint density at radius 2 is 2.50 bits per heavy atom. The molecule has 0 aliphatic carbocycles. The first kappa shape index (κ1) is 7.50. The number of esters is 1. The van der Waals surface area contributed by atoms with Crippen LogP contribution in [-0.4, -0.2) is 36.5 Å². The van der Waals surface area contributed by atoms with Crippen molar-refractivity contribution in [1.29, 1.82) is 0 Å². The van der Waals surface area contributed by atoms with Gasteiger partial charge >= 0.3 is 5.97 Å². The van der Waals surface area contributed by atoms with Gasteiger partial charge in [-0.15, -0.1) is 0 Å². The number of hydrogen-bond donors (Lipinski definition) is 1. The Labute approximate surface area is 58.7 Å². The molecule has 0 spiro atoms. The average Bonchev–Trinajstić information content (AvgIpc) is 2.64. The van der Waals surface area contributed by atoms with Gasteiger partial charge in [0, 0.05) is 6.92 Å². The molecule has 1 saturated heterocycles. The molecule has 1 atom stereocenters. The van der Waals surface area contributed by atoms with Crippen LogP contribution in [0.15, 0.2) is 0 Å². The van der Waals surface area contributed by atoms with E-state index in [0.717, 1.165) is 0 Å². The van der Waals surface area contributed by atoms with Crippen molar-refractivity contribution in [2.75, 3.05) is 19.8 Å². The quantitative estimate of drug-likeness (QED) is 0.423. The van der Waals surface area contributed by atoms with Gasteiger partial charge in [0.15, 0.2) is 0 Å². The Balaban J connectivity index is 2.19. The average molecular weight is 146 g/mol. The van der Waals surface area contributed by atoms with Crippen molar-refractivity contribution in [2.24, 2.45) is 0 Å². The van der Waals surface area contributed by atoms with Crippen LogP contribution in [0.5, 0.6) is 0 Å². The Bertz CT molecular complexity index is 139. The van der Waals surface area contributed by atoms with Crippen molar-refractivity contribution < 1.29 is 19.4 Å². The normalized spacial score (nSPS) is 29.8. The van der Waals surface area contributed by atoms with Crippen LogP contribution < -0.4 is 0 Å². The highest BCUT2D eigenvalue weighted by Crippen LogP contribution is 2.25. The SMILES string of the molecule is CC(=O)OC[C@]1(CO)CO1. The Morgan fingerprint density at radius 1 is 1.90 bits per heavy atom. The molecule has 0 aromatic carbocycles. The standard InChI is InChI=1S/C6H10O4/c1-5(8)9-3-6(2-7)4-10-6/h7H,2-4H2,1H3/t6-/m1/s1. The minimum absolute atomic E-state index is 0.0831. The topological polar surface area (TPSA) is 59.1 Å². The van der Waals surface area contributed by atoms with Crippen molar-refractivity contribution in [3.05, 3.63) is 0 Å². The lowest BCUT2D eigenvalue weighted by atomic mass is 10.2. The third-order valence-electron chi connectivity index (χ3n) is 1.38. The van der Waals surface area contributed by atoms with Crippen LogP contribution >= 0.6 is 0 Å². The van der Waals surface area contributed by atoms with Crippen molar-refractivity contribution in [3.63, 3.8) is 0 Å². The number of carbonyl (C=O) groups is 1. The molecule has 1 rings (SSSR count). The molecule has 0 aromatic rings. The van der Waals surface area contributed by atoms with Gasteiger partial charge in [-0.05, 0) is 0 Å². The van der Waals surface area contributed by atoms with Gasteiger partial charge < -0.3 is 14.6 Å². The van der Waals surface area contributed by atoms with Crippen molar-refractivity contribution in [1.82, 2.24) is 0 Å². The molecule has 0 amide bonds. The fraction of sp³-hybridized carbons (Fsp3) is 0.833. The molecule has 0 saturated carbocycles. The highest BCUT2D eigenvalue weighted by Gasteiger charge is 2.45. The van der Waals surface area contributed by atoms with Crippen LogP contribution in [0.4, 0.5) is 0 Å². The summed E-state index contributed by atoms with van der Waals surface area (Å²) in [5, 5.41) is 8.65. The molecule has 1 aliphatic heterocycles. The summed E-state index contributed by atoms with van der Waals surface area (Å²) in [5.41, 5.74) is -0.564. The minimum atomic E-state index is -0.564. The van der Waals surface area contributed by atoms with Gasteiger partial charge in [0.2, 0.25) is 0 Å². The fourth-order valence-corrected chi connectivity index (χ4v) is 0.555. The molecule has 4 heteroatoms. The second-order valence-corrected chi connectivity index (χ2v) is 2.41. The zero-order valence-electron chi connectivity index (χ0n) is 5.79. The smallest absolute Gasteiger partial charge is 0.302 e. The van der Waals surface area contributed by atoms with E-state index in [0.29, 0.717) is 6.61 Å². The molecule has 1 aliphatic rings. The van der Waals surface area contributed by atoms with E-state index in [9.17, 15) is 4.79 Å². The van der Waals surface area contributed by atoms with E-state index in [1.165, 1.54) is 6.92 Å². The number of aliphatic hydroxyl groups is 1. The summed E-state index contributed by atoms with van der Waals surface area (Å²) < 4.78 is 9.50. The molecule has 10 heavy (non-hydrogen) atoms. The zero-order valence-corrected chi connectivity index (χ0v) is 5.79. The highest BCUT2D eigenvalue weighted by atomic mass is 16.6. The van der Waals surface area contributed by atoms with E-state index in [1.807, 2.05) is 0 Å². The van der Waals surface area contributed by atoms with Crippen LogP contribution in [0.25, 0.3) is 0 Å². The summed E-state index contributed by atoms with van der Waals surface area (Å²) in [6, 6.07) is 0. The number of ether oxygens (including phenoxy) is 2.